The van der Waals surface area contributed by atoms with Crippen LogP contribution in [0.4, 0.5) is 5.95 Å². The minimum atomic E-state index is -0.0564. The quantitative estimate of drug-likeness (QED) is 0.758. The molecule has 0 aliphatic heterocycles. The van der Waals surface area contributed by atoms with E-state index in [0.29, 0.717) is 12.4 Å². The molecule has 5 nitrogen and oxygen atoms in total. The first-order chi connectivity index (χ1) is 11.1. The van der Waals surface area contributed by atoms with Gasteiger partial charge < -0.3 is 10.5 Å². The maximum Gasteiger partial charge on any atom is 0.239 e. The average molecular weight is 308 g/mol. The highest BCUT2D eigenvalue weighted by atomic mass is 16.5. The molecule has 118 valence electrons. The zero-order chi connectivity index (χ0) is 16.3. The number of benzene rings is 2. The summed E-state index contributed by atoms with van der Waals surface area (Å²) in [5.41, 5.74) is 7.92. The SMILES string of the molecule is CC(C)(c1ccccc1)c1ccc(OCc2nc(N)n[nH]2)cc1. The van der Waals surface area contributed by atoms with Crippen LogP contribution < -0.4 is 10.5 Å². The number of nitrogen functional groups attached to an aromatic ring is 1. The van der Waals surface area contributed by atoms with Crippen LogP contribution in [0, 0.1) is 0 Å². The molecule has 0 saturated carbocycles. The van der Waals surface area contributed by atoms with Crippen molar-refractivity contribution in [3.63, 3.8) is 0 Å². The van der Waals surface area contributed by atoms with E-state index in [0.717, 1.165) is 5.75 Å². The fourth-order valence-corrected chi connectivity index (χ4v) is 2.52. The predicted octanol–water partition coefficient (Wildman–Crippen LogP) is 3.29. The average Bonchev–Trinajstić information content (AvgIpc) is 3.00. The number of aromatic nitrogens is 3. The molecule has 0 aliphatic rings. The van der Waals surface area contributed by atoms with Crippen molar-refractivity contribution in [3.05, 3.63) is 71.5 Å². The second-order valence-electron chi connectivity index (χ2n) is 5.94. The number of nitrogens with zero attached hydrogens (tertiary/aromatic N) is 2. The van der Waals surface area contributed by atoms with Gasteiger partial charge in [0.05, 0.1) is 0 Å². The largest absolute Gasteiger partial charge is 0.486 e. The summed E-state index contributed by atoms with van der Waals surface area (Å²) in [5.74, 6) is 1.62. The molecule has 23 heavy (non-hydrogen) atoms. The highest BCUT2D eigenvalue weighted by molar-refractivity contribution is 5.39. The van der Waals surface area contributed by atoms with Crippen molar-refractivity contribution < 1.29 is 4.74 Å². The Morgan fingerprint density at radius 2 is 1.65 bits per heavy atom. The van der Waals surface area contributed by atoms with Crippen molar-refractivity contribution in [2.75, 3.05) is 5.73 Å². The molecule has 3 rings (SSSR count). The monoisotopic (exact) mass is 308 g/mol. The lowest BCUT2D eigenvalue weighted by atomic mass is 9.78. The van der Waals surface area contributed by atoms with Crippen molar-refractivity contribution in [2.45, 2.75) is 25.9 Å². The topological polar surface area (TPSA) is 76.8 Å². The third-order valence-electron chi connectivity index (χ3n) is 4.00. The third kappa shape index (κ3) is 3.34. The molecule has 5 heteroatoms. The van der Waals surface area contributed by atoms with E-state index in [1.807, 2.05) is 18.2 Å². The molecule has 3 N–H and O–H groups in total. The van der Waals surface area contributed by atoms with Crippen LogP contribution in [0.5, 0.6) is 5.75 Å². The number of nitrogens with one attached hydrogen (secondary N) is 1. The first-order valence-corrected chi connectivity index (χ1v) is 7.51. The highest BCUT2D eigenvalue weighted by Gasteiger charge is 2.22. The van der Waals surface area contributed by atoms with E-state index in [4.69, 9.17) is 10.5 Å². The maximum atomic E-state index is 5.69. The van der Waals surface area contributed by atoms with Gasteiger partial charge in [-0.25, -0.2) is 0 Å². The molecule has 0 unspecified atom stereocenters. The van der Waals surface area contributed by atoms with Crippen molar-refractivity contribution in [1.29, 1.82) is 0 Å². The molecule has 0 bridgehead atoms. The van der Waals surface area contributed by atoms with Crippen LogP contribution in [0.3, 0.4) is 0 Å². The molecule has 0 radical (unpaired) electrons. The summed E-state index contributed by atoms with van der Waals surface area (Å²) in [7, 11) is 0. The van der Waals surface area contributed by atoms with Crippen molar-refractivity contribution >= 4 is 5.95 Å². The van der Waals surface area contributed by atoms with E-state index in [1.165, 1.54) is 11.1 Å². The Bertz CT molecular complexity index is 763. The third-order valence-corrected chi connectivity index (χ3v) is 4.00. The predicted molar refractivity (Wildman–Crippen MR) is 90.1 cm³/mol. The van der Waals surface area contributed by atoms with Gasteiger partial charge in [-0.15, -0.1) is 5.10 Å². The fraction of sp³-hybridized carbons (Fsp3) is 0.222. The minimum absolute atomic E-state index is 0.0564. The summed E-state index contributed by atoms with van der Waals surface area (Å²) < 4.78 is 5.69. The molecule has 1 aromatic heterocycles. The van der Waals surface area contributed by atoms with E-state index in [-0.39, 0.29) is 11.4 Å². The van der Waals surface area contributed by atoms with Gasteiger partial charge in [0, 0.05) is 5.41 Å². The summed E-state index contributed by atoms with van der Waals surface area (Å²) in [6.45, 7) is 4.75. The van der Waals surface area contributed by atoms with Gasteiger partial charge in [0.25, 0.3) is 0 Å². The standard InChI is InChI=1S/C18H20N4O/c1-18(2,13-6-4-3-5-7-13)14-8-10-15(11-9-14)23-12-16-20-17(19)22-21-16/h3-11H,12H2,1-2H3,(H3,19,20,21,22). The Hall–Kier alpha value is -2.82. The Kier molecular flexibility index (Phi) is 4.02. The number of ether oxygens (including phenoxy) is 1. The lowest BCUT2D eigenvalue weighted by molar-refractivity contribution is 0.296. The zero-order valence-corrected chi connectivity index (χ0v) is 13.3. The summed E-state index contributed by atoms with van der Waals surface area (Å²) in [5, 5.41) is 6.49. The van der Waals surface area contributed by atoms with Gasteiger partial charge >= 0.3 is 0 Å². The minimum Gasteiger partial charge on any atom is -0.486 e. The second kappa shape index (κ2) is 6.12. The first kappa shape index (κ1) is 15.1. The normalized spacial score (nSPS) is 11.4. The van der Waals surface area contributed by atoms with E-state index in [2.05, 4.69) is 65.4 Å². The van der Waals surface area contributed by atoms with Crippen LogP contribution in [0.25, 0.3) is 0 Å². The number of anilines is 1. The molecule has 0 spiro atoms. The zero-order valence-electron chi connectivity index (χ0n) is 13.3. The summed E-state index contributed by atoms with van der Waals surface area (Å²) >= 11 is 0. The molecule has 0 atom stereocenters. The van der Waals surface area contributed by atoms with Gasteiger partial charge in [-0.2, -0.15) is 4.98 Å². The summed E-state index contributed by atoms with van der Waals surface area (Å²) in [4.78, 5) is 4.01. The van der Waals surface area contributed by atoms with Crippen LogP contribution in [0.1, 0.15) is 30.8 Å². The number of H-pyrrole nitrogens is 1. The number of hydrogen-bond acceptors (Lipinski definition) is 4. The Balaban J connectivity index is 1.71. The smallest absolute Gasteiger partial charge is 0.239 e. The number of nitrogens with two attached hydrogens (primary N) is 1. The Morgan fingerprint density at radius 1 is 1.00 bits per heavy atom. The molecular weight excluding hydrogens is 288 g/mol. The molecule has 1 heterocycles. The van der Waals surface area contributed by atoms with E-state index in [9.17, 15) is 0 Å². The fourth-order valence-electron chi connectivity index (χ4n) is 2.52. The van der Waals surface area contributed by atoms with Crippen LogP contribution in [-0.4, -0.2) is 15.2 Å². The van der Waals surface area contributed by atoms with Crippen LogP contribution in [-0.2, 0) is 12.0 Å². The molecule has 3 aromatic rings. The number of aromatic amines is 1. The molecule has 0 aliphatic carbocycles. The molecule has 0 saturated heterocycles. The Morgan fingerprint density at radius 3 is 2.26 bits per heavy atom. The summed E-state index contributed by atoms with van der Waals surface area (Å²) in [6.07, 6.45) is 0. The lowest BCUT2D eigenvalue weighted by Crippen LogP contribution is -2.18. The molecular formula is C18H20N4O. The first-order valence-electron chi connectivity index (χ1n) is 7.51. The van der Waals surface area contributed by atoms with Gasteiger partial charge in [0.2, 0.25) is 5.95 Å². The second-order valence-corrected chi connectivity index (χ2v) is 5.94. The van der Waals surface area contributed by atoms with E-state index >= 15 is 0 Å². The van der Waals surface area contributed by atoms with Gasteiger partial charge in [0.1, 0.15) is 12.4 Å². The molecule has 2 aromatic carbocycles. The van der Waals surface area contributed by atoms with Gasteiger partial charge in [-0.05, 0) is 23.3 Å². The van der Waals surface area contributed by atoms with Gasteiger partial charge in [-0.3, -0.25) is 5.10 Å². The molecule has 0 fully saturated rings. The van der Waals surface area contributed by atoms with Crippen molar-refractivity contribution in [3.8, 4) is 5.75 Å². The number of rotatable bonds is 5. The van der Waals surface area contributed by atoms with Crippen LogP contribution in [0.15, 0.2) is 54.6 Å². The van der Waals surface area contributed by atoms with Crippen LogP contribution >= 0.6 is 0 Å². The summed E-state index contributed by atoms with van der Waals surface area (Å²) in [6, 6.07) is 18.6. The Labute approximate surface area is 135 Å². The highest BCUT2D eigenvalue weighted by Crippen LogP contribution is 2.32. The van der Waals surface area contributed by atoms with Crippen LogP contribution in [0.2, 0.25) is 0 Å². The van der Waals surface area contributed by atoms with E-state index in [1.54, 1.807) is 0 Å². The lowest BCUT2D eigenvalue weighted by Gasteiger charge is -2.26. The van der Waals surface area contributed by atoms with Crippen molar-refractivity contribution in [1.82, 2.24) is 15.2 Å². The number of hydrogen-bond donors (Lipinski definition) is 2. The van der Waals surface area contributed by atoms with Gasteiger partial charge in [-0.1, -0.05) is 56.3 Å². The van der Waals surface area contributed by atoms with E-state index < -0.39 is 0 Å². The van der Waals surface area contributed by atoms with Gasteiger partial charge in [0.15, 0.2) is 5.82 Å². The van der Waals surface area contributed by atoms with Crippen molar-refractivity contribution in [2.24, 2.45) is 0 Å². The maximum absolute atomic E-state index is 5.69. The molecule has 0 amide bonds.